The van der Waals surface area contributed by atoms with Gasteiger partial charge in [0.05, 0.1) is 22.6 Å². The van der Waals surface area contributed by atoms with Gasteiger partial charge in [-0.15, -0.1) is 0 Å². The maximum absolute atomic E-state index is 13.1. The molecular weight excluding hydrogens is 369 g/mol. The van der Waals surface area contributed by atoms with Crippen molar-refractivity contribution in [1.82, 2.24) is 15.0 Å². The number of nitrogen functional groups attached to an aromatic ring is 1. The van der Waals surface area contributed by atoms with Crippen molar-refractivity contribution in [3.05, 3.63) is 90.6 Å². The Morgan fingerprint density at radius 1 is 0.897 bits per heavy atom. The quantitative estimate of drug-likeness (QED) is 0.550. The minimum absolute atomic E-state index is 0.230. The number of amides is 1. The molecule has 0 aliphatic carbocycles. The van der Waals surface area contributed by atoms with E-state index in [-0.39, 0.29) is 17.5 Å². The average molecular weight is 385 g/mol. The number of halogens is 1. The molecule has 3 aromatic heterocycles. The van der Waals surface area contributed by atoms with Crippen molar-refractivity contribution in [2.75, 3.05) is 11.1 Å². The largest absolute Gasteiger partial charge is 0.396 e. The minimum atomic E-state index is -0.384. The predicted molar refractivity (Wildman–Crippen MR) is 109 cm³/mol. The van der Waals surface area contributed by atoms with E-state index < -0.39 is 0 Å². The van der Waals surface area contributed by atoms with E-state index >= 15 is 0 Å². The number of aromatic nitrogens is 3. The molecule has 1 amide bonds. The van der Waals surface area contributed by atoms with E-state index in [1.165, 1.54) is 18.3 Å². The van der Waals surface area contributed by atoms with Gasteiger partial charge in [0.15, 0.2) is 5.82 Å². The molecule has 0 saturated heterocycles. The van der Waals surface area contributed by atoms with E-state index in [9.17, 15) is 9.18 Å². The lowest BCUT2D eigenvalue weighted by Gasteiger charge is -2.10. The molecule has 3 N–H and O–H groups in total. The Morgan fingerprint density at radius 3 is 2.38 bits per heavy atom. The topological polar surface area (TPSA) is 93.8 Å². The first-order valence-electron chi connectivity index (χ1n) is 8.80. The molecule has 0 atom stereocenters. The number of pyridine rings is 3. The van der Waals surface area contributed by atoms with Gasteiger partial charge in [-0.25, -0.2) is 9.37 Å². The molecule has 0 unspecified atom stereocenters. The molecule has 0 radical (unpaired) electrons. The molecule has 142 valence electrons. The van der Waals surface area contributed by atoms with Crippen molar-refractivity contribution in [1.29, 1.82) is 0 Å². The molecule has 3 heterocycles. The van der Waals surface area contributed by atoms with Crippen LogP contribution in [0.3, 0.4) is 0 Å². The van der Waals surface area contributed by atoms with Gasteiger partial charge >= 0.3 is 0 Å². The Kier molecular flexibility index (Phi) is 4.94. The molecule has 29 heavy (non-hydrogen) atoms. The van der Waals surface area contributed by atoms with Crippen molar-refractivity contribution in [3.63, 3.8) is 0 Å². The first kappa shape index (κ1) is 18.2. The third-order valence-electron chi connectivity index (χ3n) is 4.28. The van der Waals surface area contributed by atoms with Gasteiger partial charge in [-0.1, -0.05) is 0 Å². The van der Waals surface area contributed by atoms with Crippen LogP contribution in [0.1, 0.15) is 10.4 Å². The number of benzene rings is 1. The molecule has 0 saturated carbocycles. The number of hydrogen-bond donors (Lipinski definition) is 2. The van der Waals surface area contributed by atoms with Crippen LogP contribution in [0.5, 0.6) is 0 Å². The second kappa shape index (κ2) is 7.85. The summed E-state index contributed by atoms with van der Waals surface area (Å²) in [6.45, 7) is 0. The number of rotatable bonds is 4. The van der Waals surface area contributed by atoms with Crippen LogP contribution in [-0.4, -0.2) is 20.9 Å². The van der Waals surface area contributed by atoms with Crippen LogP contribution in [0.4, 0.5) is 15.9 Å². The zero-order valence-corrected chi connectivity index (χ0v) is 15.2. The summed E-state index contributed by atoms with van der Waals surface area (Å²) in [6.07, 6.45) is 4.87. The molecule has 4 rings (SSSR count). The Morgan fingerprint density at radius 2 is 1.69 bits per heavy atom. The Balaban J connectivity index is 1.55. The highest BCUT2D eigenvalue weighted by Crippen LogP contribution is 2.24. The van der Waals surface area contributed by atoms with Crippen molar-refractivity contribution in [2.24, 2.45) is 0 Å². The van der Waals surface area contributed by atoms with Gasteiger partial charge in [-0.3, -0.25) is 14.8 Å². The monoisotopic (exact) mass is 385 g/mol. The van der Waals surface area contributed by atoms with E-state index in [0.29, 0.717) is 28.2 Å². The molecule has 0 spiro atoms. The highest BCUT2D eigenvalue weighted by Gasteiger charge is 2.12. The summed E-state index contributed by atoms with van der Waals surface area (Å²) >= 11 is 0. The van der Waals surface area contributed by atoms with Crippen molar-refractivity contribution < 1.29 is 9.18 Å². The number of hydrogen-bond acceptors (Lipinski definition) is 5. The summed E-state index contributed by atoms with van der Waals surface area (Å²) in [5.41, 5.74) is 9.50. The Bertz CT molecular complexity index is 1150. The molecule has 4 aromatic rings. The van der Waals surface area contributed by atoms with Gasteiger partial charge in [-0.05, 0) is 60.7 Å². The molecule has 0 aliphatic heterocycles. The zero-order chi connectivity index (χ0) is 20.2. The molecular formula is C22H16FN5O. The summed E-state index contributed by atoms with van der Waals surface area (Å²) in [6, 6.07) is 16.4. The normalized spacial score (nSPS) is 10.5. The number of anilines is 2. The first-order valence-corrected chi connectivity index (χ1v) is 8.80. The maximum atomic E-state index is 13.1. The number of nitrogens with zero attached hydrogens (tertiary/aromatic N) is 3. The fraction of sp³-hybridized carbons (Fsp3) is 0. The lowest BCUT2D eigenvalue weighted by Crippen LogP contribution is -2.15. The van der Waals surface area contributed by atoms with Crippen LogP contribution < -0.4 is 11.1 Å². The van der Waals surface area contributed by atoms with E-state index in [1.54, 1.807) is 48.8 Å². The Labute approximate surface area is 166 Å². The van der Waals surface area contributed by atoms with E-state index in [0.717, 1.165) is 5.56 Å². The van der Waals surface area contributed by atoms with E-state index in [1.807, 2.05) is 12.1 Å². The van der Waals surface area contributed by atoms with Crippen molar-refractivity contribution in [3.8, 4) is 22.5 Å². The van der Waals surface area contributed by atoms with Gasteiger partial charge in [0.2, 0.25) is 0 Å². The first-order chi connectivity index (χ1) is 14.1. The molecule has 0 fully saturated rings. The fourth-order valence-corrected chi connectivity index (χ4v) is 2.74. The summed E-state index contributed by atoms with van der Waals surface area (Å²) in [7, 11) is 0. The van der Waals surface area contributed by atoms with Gasteiger partial charge in [-0.2, -0.15) is 0 Å². The Hall–Kier alpha value is -4.13. The second-order valence-corrected chi connectivity index (χ2v) is 6.27. The standard InChI is InChI=1S/C22H16FN5O/c23-17-6-3-14(4-7-17)20-10-8-18(24)21(27-20)28-22(29)16-5-9-19(26-13-16)15-2-1-11-25-12-15/h1-13H,24H2,(H,27,28,29). The van der Waals surface area contributed by atoms with Gasteiger partial charge in [0.25, 0.3) is 5.91 Å². The molecule has 6 nitrogen and oxygen atoms in total. The summed E-state index contributed by atoms with van der Waals surface area (Å²) < 4.78 is 13.1. The van der Waals surface area contributed by atoms with Gasteiger partial charge in [0, 0.05) is 29.7 Å². The van der Waals surface area contributed by atoms with Crippen LogP contribution in [0, 0.1) is 5.82 Å². The predicted octanol–water partition coefficient (Wildman–Crippen LogP) is 4.18. The second-order valence-electron chi connectivity index (χ2n) is 6.27. The van der Waals surface area contributed by atoms with Gasteiger partial charge in [0.1, 0.15) is 5.82 Å². The van der Waals surface area contributed by atoms with Crippen LogP contribution >= 0.6 is 0 Å². The molecule has 0 bridgehead atoms. The van der Waals surface area contributed by atoms with Gasteiger partial charge < -0.3 is 11.1 Å². The smallest absolute Gasteiger partial charge is 0.258 e. The summed E-state index contributed by atoms with van der Waals surface area (Å²) in [4.78, 5) is 25.4. The van der Waals surface area contributed by atoms with E-state index in [2.05, 4.69) is 20.3 Å². The molecule has 1 aromatic carbocycles. The third kappa shape index (κ3) is 4.08. The number of carbonyl (C=O) groups excluding carboxylic acids is 1. The number of nitrogens with one attached hydrogen (secondary N) is 1. The van der Waals surface area contributed by atoms with E-state index in [4.69, 9.17) is 5.73 Å². The lowest BCUT2D eigenvalue weighted by molar-refractivity contribution is 0.102. The average Bonchev–Trinajstić information content (AvgIpc) is 2.76. The summed E-state index contributed by atoms with van der Waals surface area (Å²) in [5.74, 6) is -0.487. The van der Waals surface area contributed by atoms with Crippen LogP contribution in [0.15, 0.2) is 79.3 Å². The highest BCUT2D eigenvalue weighted by atomic mass is 19.1. The maximum Gasteiger partial charge on any atom is 0.258 e. The zero-order valence-electron chi connectivity index (χ0n) is 15.2. The van der Waals surface area contributed by atoms with Crippen LogP contribution in [0.2, 0.25) is 0 Å². The van der Waals surface area contributed by atoms with Crippen LogP contribution in [0.25, 0.3) is 22.5 Å². The lowest BCUT2D eigenvalue weighted by atomic mass is 10.1. The highest BCUT2D eigenvalue weighted by molar-refractivity contribution is 6.05. The molecule has 7 heteroatoms. The number of carbonyl (C=O) groups is 1. The fourth-order valence-electron chi connectivity index (χ4n) is 2.74. The third-order valence-corrected chi connectivity index (χ3v) is 4.28. The molecule has 0 aliphatic rings. The van der Waals surface area contributed by atoms with Crippen molar-refractivity contribution in [2.45, 2.75) is 0 Å². The number of nitrogens with two attached hydrogens (primary N) is 1. The SMILES string of the molecule is Nc1ccc(-c2ccc(F)cc2)nc1NC(=O)c1ccc(-c2cccnc2)nc1. The van der Waals surface area contributed by atoms with Crippen LogP contribution in [-0.2, 0) is 0 Å². The summed E-state index contributed by atoms with van der Waals surface area (Å²) in [5, 5.41) is 2.71. The minimum Gasteiger partial charge on any atom is -0.396 e. The van der Waals surface area contributed by atoms with Crippen molar-refractivity contribution >= 4 is 17.4 Å².